The monoisotopic (exact) mass is 362 g/mol. The van der Waals surface area contributed by atoms with Gasteiger partial charge in [-0.2, -0.15) is 0 Å². The Labute approximate surface area is 156 Å². The van der Waals surface area contributed by atoms with E-state index in [-0.39, 0.29) is 11.5 Å². The Balaban J connectivity index is 1.57. The Morgan fingerprint density at radius 3 is 2.74 bits per heavy atom. The molecule has 0 radical (unpaired) electrons. The molecule has 0 amide bonds. The van der Waals surface area contributed by atoms with Crippen molar-refractivity contribution in [1.29, 1.82) is 0 Å². The van der Waals surface area contributed by atoms with E-state index in [4.69, 9.17) is 18.6 Å². The summed E-state index contributed by atoms with van der Waals surface area (Å²) in [6, 6.07) is 14.8. The van der Waals surface area contributed by atoms with Gasteiger partial charge in [0.1, 0.15) is 29.6 Å². The fraction of sp³-hybridized carbons (Fsp3) is 0.136. The van der Waals surface area contributed by atoms with Gasteiger partial charge < -0.3 is 18.6 Å². The lowest BCUT2D eigenvalue weighted by Gasteiger charge is -2.11. The molecule has 0 atom stereocenters. The van der Waals surface area contributed by atoms with Crippen molar-refractivity contribution in [2.75, 3.05) is 7.11 Å². The van der Waals surface area contributed by atoms with E-state index in [2.05, 4.69) is 0 Å². The molecule has 4 rings (SSSR count). The first-order chi connectivity index (χ1) is 13.2. The molecule has 0 saturated carbocycles. The van der Waals surface area contributed by atoms with Crippen molar-refractivity contribution in [2.45, 2.75) is 13.5 Å². The molecule has 27 heavy (non-hydrogen) atoms. The Bertz CT molecular complexity index is 1020. The minimum Gasteiger partial charge on any atom is -0.496 e. The summed E-state index contributed by atoms with van der Waals surface area (Å²) in [6.45, 7) is 2.22. The van der Waals surface area contributed by atoms with E-state index in [9.17, 15) is 4.79 Å². The number of fused-ring (bicyclic) bond motifs is 1. The number of ketones is 1. The van der Waals surface area contributed by atoms with E-state index >= 15 is 0 Å². The molecular weight excluding hydrogens is 344 g/mol. The van der Waals surface area contributed by atoms with E-state index in [1.807, 2.05) is 37.3 Å². The first-order valence-electron chi connectivity index (χ1n) is 8.53. The molecule has 0 unspecified atom stereocenters. The summed E-state index contributed by atoms with van der Waals surface area (Å²) in [5, 5.41) is 0. The molecule has 3 aromatic rings. The number of Topliss-reactive ketones (excluding diaryl/α,β-unsaturated/α-hetero) is 1. The van der Waals surface area contributed by atoms with Gasteiger partial charge in [-0.3, -0.25) is 4.79 Å². The molecule has 0 spiro atoms. The van der Waals surface area contributed by atoms with Crippen LogP contribution >= 0.6 is 0 Å². The summed E-state index contributed by atoms with van der Waals surface area (Å²) in [5.74, 6) is 2.54. The number of carbonyl (C=O) groups excluding carboxylic acids is 1. The minimum atomic E-state index is -0.157. The average molecular weight is 362 g/mol. The zero-order valence-electron chi connectivity index (χ0n) is 15.0. The van der Waals surface area contributed by atoms with Crippen molar-refractivity contribution in [3.8, 4) is 17.2 Å². The Kier molecular flexibility index (Phi) is 4.42. The lowest BCUT2D eigenvalue weighted by molar-refractivity contribution is 0.101. The highest BCUT2D eigenvalue weighted by Gasteiger charge is 2.30. The highest BCUT2D eigenvalue weighted by Crippen LogP contribution is 2.38. The van der Waals surface area contributed by atoms with Gasteiger partial charge in [-0.05, 0) is 36.8 Å². The van der Waals surface area contributed by atoms with Crippen LogP contribution in [0.2, 0.25) is 0 Å². The lowest BCUT2D eigenvalue weighted by atomic mass is 10.0. The number of furan rings is 1. The van der Waals surface area contributed by atoms with E-state index in [0.717, 1.165) is 16.9 Å². The maximum Gasteiger partial charge on any atom is 0.232 e. The third kappa shape index (κ3) is 3.31. The molecule has 5 nitrogen and oxygen atoms in total. The summed E-state index contributed by atoms with van der Waals surface area (Å²) >= 11 is 0. The number of para-hydroxylation sites is 1. The Morgan fingerprint density at radius 1 is 1.11 bits per heavy atom. The van der Waals surface area contributed by atoms with Crippen molar-refractivity contribution >= 4 is 11.9 Å². The highest BCUT2D eigenvalue weighted by atomic mass is 16.5. The predicted octanol–water partition coefficient (Wildman–Crippen LogP) is 4.79. The molecule has 0 fully saturated rings. The molecule has 136 valence electrons. The zero-order valence-corrected chi connectivity index (χ0v) is 15.0. The smallest absolute Gasteiger partial charge is 0.232 e. The normalized spacial score (nSPS) is 14.1. The number of rotatable bonds is 5. The number of aryl methyl sites for hydroxylation is 1. The maximum atomic E-state index is 12.6. The van der Waals surface area contributed by atoms with Crippen molar-refractivity contribution in [1.82, 2.24) is 0 Å². The Morgan fingerprint density at radius 2 is 1.96 bits per heavy atom. The highest BCUT2D eigenvalue weighted by molar-refractivity contribution is 6.15. The number of benzene rings is 2. The largest absolute Gasteiger partial charge is 0.496 e. The van der Waals surface area contributed by atoms with Gasteiger partial charge in [-0.15, -0.1) is 0 Å². The third-order valence-electron chi connectivity index (χ3n) is 4.35. The number of allylic oxidation sites excluding steroid dienone is 1. The molecule has 1 aliphatic heterocycles. The topological polar surface area (TPSA) is 57.9 Å². The van der Waals surface area contributed by atoms with Crippen LogP contribution in [0.15, 0.2) is 65.0 Å². The van der Waals surface area contributed by atoms with Crippen LogP contribution in [-0.4, -0.2) is 12.9 Å². The van der Waals surface area contributed by atoms with Crippen molar-refractivity contribution in [3.05, 3.63) is 83.0 Å². The molecule has 5 heteroatoms. The average Bonchev–Trinajstić information content (AvgIpc) is 3.29. The summed E-state index contributed by atoms with van der Waals surface area (Å²) in [6.07, 6.45) is 3.14. The molecule has 1 aromatic heterocycles. The molecule has 2 aromatic carbocycles. The molecular formula is C22H18O5. The van der Waals surface area contributed by atoms with Gasteiger partial charge in [0.2, 0.25) is 5.78 Å². The van der Waals surface area contributed by atoms with Gasteiger partial charge in [0, 0.05) is 17.7 Å². The van der Waals surface area contributed by atoms with Crippen LogP contribution in [0.4, 0.5) is 0 Å². The van der Waals surface area contributed by atoms with E-state index in [1.54, 1.807) is 37.6 Å². The second kappa shape index (κ2) is 7.03. The summed E-state index contributed by atoms with van der Waals surface area (Å²) in [4.78, 5) is 12.6. The van der Waals surface area contributed by atoms with Gasteiger partial charge in [-0.1, -0.05) is 18.2 Å². The fourth-order valence-corrected chi connectivity index (χ4v) is 3.05. The van der Waals surface area contributed by atoms with Crippen LogP contribution in [0.25, 0.3) is 6.08 Å². The van der Waals surface area contributed by atoms with Gasteiger partial charge in [0.15, 0.2) is 5.76 Å². The summed E-state index contributed by atoms with van der Waals surface area (Å²) in [5.41, 5.74) is 2.29. The van der Waals surface area contributed by atoms with Crippen LogP contribution in [0.5, 0.6) is 17.2 Å². The van der Waals surface area contributed by atoms with Crippen molar-refractivity contribution in [2.24, 2.45) is 0 Å². The molecule has 0 saturated heterocycles. The third-order valence-corrected chi connectivity index (χ3v) is 4.35. The summed E-state index contributed by atoms with van der Waals surface area (Å²) < 4.78 is 22.3. The van der Waals surface area contributed by atoms with Gasteiger partial charge in [0.25, 0.3) is 0 Å². The summed E-state index contributed by atoms with van der Waals surface area (Å²) in [7, 11) is 1.63. The van der Waals surface area contributed by atoms with Gasteiger partial charge in [-0.25, -0.2) is 0 Å². The van der Waals surface area contributed by atoms with Crippen LogP contribution in [0.3, 0.4) is 0 Å². The molecule has 1 aliphatic rings. The second-order valence-corrected chi connectivity index (χ2v) is 6.17. The fourth-order valence-electron chi connectivity index (χ4n) is 3.05. The number of hydrogen-bond donors (Lipinski definition) is 0. The molecule has 2 heterocycles. The first kappa shape index (κ1) is 17.0. The molecule has 0 aliphatic carbocycles. The Hall–Kier alpha value is -3.47. The van der Waals surface area contributed by atoms with Gasteiger partial charge >= 0.3 is 0 Å². The van der Waals surface area contributed by atoms with E-state index in [1.165, 1.54) is 0 Å². The van der Waals surface area contributed by atoms with Crippen LogP contribution < -0.4 is 14.2 Å². The molecule has 0 N–H and O–H groups in total. The van der Waals surface area contributed by atoms with E-state index < -0.39 is 0 Å². The van der Waals surface area contributed by atoms with Crippen LogP contribution in [0, 0.1) is 6.92 Å². The van der Waals surface area contributed by atoms with Crippen LogP contribution in [-0.2, 0) is 6.61 Å². The van der Waals surface area contributed by atoms with Crippen LogP contribution in [0.1, 0.15) is 27.2 Å². The van der Waals surface area contributed by atoms with Crippen molar-refractivity contribution < 1.29 is 23.4 Å². The predicted molar refractivity (Wildman–Crippen MR) is 100 cm³/mol. The quantitative estimate of drug-likeness (QED) is 0.611. The lowest BCUT2D eigenvalue weighted by Crippen LogP contribution is -2.00. The SMILES string of the molecule is COc1ccccc1COc1cc(C)c2c(c1)O/C(=C\c1ccco1)C2=O. The second-order valence-electron chi connectivity index (χ2n) is 6.17. The first-order valence-corrected chi connectivity index (χ1v) is 8.53. The van der Waals surface area contributed by atoms with Crippen molar-refractivity contribution in [3.63, 3.8) is 0 Å². The number of ether oxygens (including phenoxy) is 3. The minimum absolute atomic E-state index is 0.157. The molecule has 0 bridgehead atoms. The number of methoxy groups -OCH3 is 1. The standard InChI is InChI=1S/C22H18O5/c1-14-10-17(26-13-15-6-3-4-8-18(15)24-2)12-19-21(14)22(23)20(27-19)11-16-7-5-9-25-16/h3-12H,13H2,1-2H3/b20-11-. The van der Waals surface area contributed by atoms with E-state index in [0.29, 0.717) is 29.4 Å². The maximum absolute atomic E-state index is 12.6. The number of carbonyl (C=O) groups is 1. The number of hydrogen-bond acceptors (Lipinski definition) is 5. The zero-order chi connectivity index (χ0) is 18.8. The van der Waals surface area contributed by atoms with Gasteiger partial charge in [0.05, 0.1) is 18.9 Å².